The summed E-state index contributed by atoms with van der Waals surface area (Å²) in [4.78, 5) is 11.4. The van der Waals surface area contributed by atoms with Crippen LogP contribution in [0.1, 0.15) is 17.3 Å². The number of aliphatic hydroxyl groups excluding tert-OH is 1. The van der Waals surface area contributed by atoms with Crippen molar-refractivity contribution < 1.29 is 27.4 Å². The molecule has 1 aliphatic heterocycles. The van der Waals surface area contributed by atoms with Gasteiger partial charge in [-0.2, -0.15) is 0 Å². The summed E-state index contributed by atoms with van der Waals surface area (Å²) in [6, 6.07) is 3.39. The molecule has 104 valence electrons. The van der Waals surface area contributed by atoms with E-state index in [-0.39, 0.29) is 28.6 Å². The fourth-order valence-electron chi connectivity index (χ4n) is 1.96. The topological polar surface area (TPSA) is 80.7 Å². The molecule has 0 radical (unpaired) electrons. The summed E-state index contributed by atoms with van der Waals surface area (Å²) in [5.74, 6) is -1.71. The van der Waals surface area contributed by atoms with Gasteiger partial charge in [0.15, 0.2) is 15.6 Å². The lowest BCUT2D eigenvalue weighted by molar-refractivity contribution is 0.0720. The Bertz CT molecular complexity index is 611. The molecule has 5 nitrogen and oxygen atoms in total. The molecule has 0 aliphatic carbocycles. The Morgan fingerprint density at radius 3 is 2.63 bits per heavy atom. The molecule has 0 aromatic heterocycles. The number of Topliss-reactive ketones (excluding diaryl/α,β-unsaturated/α-hetero) is 1. The van der Waals surface area contributed by atoms with E-state index in [1.54, 1.807) is 0 Å². The lowest BCUT2D eigenvalue weighted by Crippen LogP contribution is -2.30. The Kier molecular flexibility index (Phi) is 3.60. The van der Waals surface area contributed by atoms with Gasteiger partial charge in [-0.05, 0) is 19.1 Å². The van der Waals surface area contributed by atoms with Crippen LogP contribution in [0.5, 0.6) is 5.75 Å². The first kappa shape index (κ1) is 14.0. The maximum absolute atomic E-state index is 13.2. The summed E-state index contributed by atoms with van der Waals surface area (Å²) in [5, 5.41) is 9.60. The van der Waals surface area contributed by atoms with E-state index in [2.05, 4.69) is 0 Å². The first-order chi connectivity index (χ1) is 8.78. The molecular weight excluding hydrogens is 275 g/mol. The smallest absolute Gasteiger partial charge is 0.163 e. The van der Waals surface area contributed by atoms with Crippen LogP contribution in [0.2, 0.25) is 0 Å². The Balaban J connectivity index is 2.29. The number of carbonyl (C=O) groups is 1. The van der Waals surface area contributed by atoms with E-state index in [0.717, 1.165) is 12.1 Å². The highest BCUT2D eigenvalue weighted by atomic mass is 32.2. The molecule has 1 aromatic rings. The van der Waals surface area contributed by atoms with Crippen molar-refractivity contribution >= 4 is 15.6 Å². The maximum Gasteiger partial charge on any atom is 0.163 e. The van der Waals surface area contributed by atoms with Crippen molar-refractivity contribution in [2.75, 3.05) is 11.5 Å². The van der Waals surface area contributed by atoms with Crippen LogP contribution >= 0.6 is 0 Å². The Hall–Kier alpha value is -1.47. The second-order valence-corrected chi connectivity index (χ2v) is 6.65. The zero-order valence-corrected chi connectivity index (χ0v) is 11.0. The van der Waals surface area contributed by atoms with E-state index in [1.807, 2.05) is 0 Å². The van der Waals surface area contributed by atoms with Crippen molar-refractivity contribution in [1.29, 1.82) is 0 Å². The second kappa shape index (κ2) is 4.90. The lowest BCUT2D eigenvalue weighted by Gasteiger charge is -2.17. The number of hydrogen-bond acceptors (Lipinski definition) is 5. The predicted molar refractivity (Wildman–Crippen MR) is 65.5 cm³/mol. The van der Waals surface area contributed by atoms with Gasteiger partial charge >= 0.3 is 0 Å². The van der Waals surface area contributed by atoms with Gasteiger partial charge in [0.25, 0.3) is 0 Å². The number of ketones is 1. The largest absolute Gasteiger partial charge is 0.486 e. The minimum absolute atomic E-state index is 0.0475. The lowest BCUT2D eigenvalue weighted by atomic mass is 10.1. The second-order valence-electron chi connectivity index (χ2n) is 4.50. The van der Waals surface area contributed by atoms with Crippen LogP contribution in [-0.4, -0.2) is 43.0 Å². The molecule has 1 N–H and O–H groups in total. The highest BCUT2D eigenvalue weighted by Gasteiger charge is 2.38. The zero-order chi connectivity index (χ0) is 14.2. The third-order valence-electron chi connectivity index (χ3n) is 2.87. The molecule has 2 unspecified atom stereocenters. The molecule has 2 atom stereocenters. The van der Waals surface area contributed by atoms with Gasteiger partial charge < -0.3 is 9.84 Å². The molecule has 0 saturated carbocycles. The zero-order valence-electron chi connectivity index (χ0n) is 10.2. The predicted octanol–water partition coefficient (Wildman–Crippen LogP) is 0.565. The van der Waals surface area contributed by atoms with Gasteiger partial charge in [0.05, 0.1) is 17.1 Å². The molecule has 0 bridgehead atoms. The quantitative estimate of drug-likeness (QED) is 0.822. The molecule has 19 heavy (non-hydrogen) atoms. The minimum atomic E-state index is -3.36. The molecule has 1 saturated heterocycles. The van der Waals surface area contributed by atoms with Crippen LogP contribution in [0, 0.1) is 5.82 Å². The van der Waals surface area contributed by atoms with Crippen LogP contribution in [0.3, 0.4) is 0 Å². The highest BCUT2D eigenvalue weighted by molar-refractivity contribution is 7.91. The van der Waals surface area contributed by atoms with Crippen molar-refractivity contribution in [3.8, 4) is 5.75 Å². The van der Waals surface area contributed by atoms with Crippen LogP contribution in [0.25, 0.3) is 0 Å². The number of carbonyl (C=O) groups excluding carboxylic acids is 1. The molecule has 1 aromatic carbocycles. The average molecular weight is 288 g/mol. The standard InChI is InChI=1S/C12H13FO5S/c1-7(14)9-3-2-8(13)4-11(9)18-12-6-19(16,17)5-10(12)15/h2-4,10,12,15H,5-6H2,1H3. The SMILES string of the molecule is CC(=O)c1ccc(F)cc1OC1CS(=O)(=O)CC1O. The van der Waals surface area contributed by atoms with Crippen molar-refractivity contribution in [2.24, 2.45) is 0 Å². The van der Waals surface area contributed by atoms with E-state index in [0.29, 0.717) is 0 Å². The molecule has 0 spiro atoms. The summed E-state index contributed by atoms with van der Waals surface area (Å²) in [7, 11) is -3.36. The van der Waals surface area contributed by atoms with Crippen LogP contribution < -0.4 is 4.74 Å². The summed E-state index contributed by atoms with van der Waals surface area (Å²) in [6.45, 7) is 1.29. The van der Waals surface area contributed by atoms with Gasteiger partial charge in [-0.15, -0.1) is 0 Å². The van der Waals surface area contributed by atoms with Crippen LogP contribution in [0.15, 0.2) is 18.2 Å². The number of aliphatic hydroxyl groups is 1. The number of halogens is 1. The highest BCUT2D eigenvalue weighted by Crippen LogP contribution is 2.25. The van der Waals surface area contributed by atoms with Gasteiger partial charge in [-0.3, -0.25) is 4.79 Å². The third kappa shape index (κ3) is 3.10. The Morgan fingerprint density at radius 1 is 1.42 bits per heavy atom. The summed E-state index contributed by atoms with van der Waals surface area (Å²) in [5.41, 5.74) is 0.151. The molecule has 7 heteroatoms. The molecule has 1 heterocycles. The van der Waals surface area contributed by atoms with E-state index in [9.17, 15) is 22.7 Å². The summed E-state index contributed by atoms with van der Waals surface area (Å²) >= 11 is 0. The minimum Gasteiger partial charge on any atom is -0.486 e. The van der Waals surface area contributed by atoms with Crippen LogP contribution in [-0.2, 0) is 9.84 Å². The van der Waals surface area contributed by atoms with E-state index in [4.69, 9.17) is 4.74 Å². The van der Waals surface area contributed by atoms with E-state index in [1.165, 1.54) is 13.0 Å². The van der Waals surface area contributed by atoms with Crippen molar-refractivity contribution in [2.45, 2.75) is 19.1 Å². The van der Waals surface area contributed by atoms with Crippen molar-refractivity contribution in [3.05, 3.63) is 29.6 Å². The van der Waals surface area contributed by atoms with Gasteiger partial charge in [0.1, 0.15) is 23.8 Å². The molecule has 1 aliphatic rings. The van der Waals surface area contributed by atoms with Gasteiger partial charge in [-0.25, -0.2) is 12.8 Å². The number of benzene rings is 1. The van der Waals surface area contributed by atoms with Gasteiger partial charge in [0, 0.05) is 6.07 Å². The fourth-order valence-corrected chi connectivity index (χ4v) is 3.62. The molecule has 2 rings (SSSR count). The summed E-state index contributed by atoms with van der Waals surface area (Å²) in [6.07, 6.45) is -2.15. The van der Waals surface area contributed by atoms with Gasteiger partial charge in [-0.1, -0.05) is 0 Å². The first-order valence-corrected chi connectivity index (χ1v) is 7.46. The van der Waals surface area contributed by atoms with Crippen LogP contribution in [0.4, 0.5) is 4.39 Å². The summed E-state index contributed by atoms with van der Waals surface area (Å²) < 4.78 is 41.2. The average Bonchev–Trinajstić information content (AvgIpc) is 2.51. The van der Waals surface area contributed by atoms with E-state index >= 15 is 0 Å². The molecular formula is C12H13FO5S. The maximum atomic E-state index is 13.2. The first-order valence-electron chi connectivity index (χ1n) is 5.64. The third-order valence-corrected chi connectivity index (χ3v) is 4.56. The number of ether oxygens (including phenoxy) is 1. The monoisotopic (exact) mass is 288 g/mol. The normalized spacial score (nSPS) is 25.2. The van der Waals surface area contributed by atoms with Crippen molar-refractivity contribution in [3.63, 3.8) is 0 Å². The Morgan fingerprint density at radius 2 is 2.11 bits per heavy atom. The molecule has 0 amide bonds. The number of hydrogen-bond donors (Lipinski definition) is 1. The molecule has 1 fully saturated rings. The fraction of sp³-hybridized carbons (Fsp3) is 0.417. The van der Waals surface area contributed by atoms with E-state index < -0.39 is 27.9 Å². The van der Waals surface area contributed by atoms with Crippen molar-refractivity contribution in [1.82, 2.24) is 0 Å². The van der Waals surface area contributed by atoms with Gasteiger partial charge in [0.2, 0.25) is 0 Å². The number of sulfone groups is 1. The number of rotatable bonds is 3. The Labute approximate surface area is 109 Å².